The number of benzene rings is 1. The fraction of sp³-hybridized carbons (Fsp3) is 0.690. The molecule has 1 saturated heterocycles. The second-order valence-corrected chi connectivity index (χ2v) is 11.5. The molecule has 0 aromatic heterocycles. The van der Waals surface area contributed by atoms with Gasteiger partial charge >= 0.3 is 5.97 Å². The lowest BCUT2D eigenvalue weighted by Gasteiger charge is -2.33. The van der Waals surface area contributed by atoms with Gasteiger partial charge in [0.05, 0.1) is 5.92 Å². The van der Waals surface area contributed by atoms with Gasteiger partial charge in [-0.3, -0.25) is 14.4 Å². The number of carboxylic acids is 1. The van der Waals surface area contributed by atoms with Gasteiger partial charge < -0.3 is 15.7 Å². The first-order valence-electron chi connectivity index (χ1n) is 13.8. The molecule has 2 bridgehead atoms. The molecule has 3 saturated carbocycles. The summed E-state index contributed by atoms with van der Waals surface area (Å²) in [6.45, 7) is 2.98. The number of hydrogen-bond donors (Lipinski definition) is 2. The van der Waals surface area contributed by atoms with E-state index in [-0.39, 0.29) is 35.3 Å². The molecule has 36 heavy (non-hydrogen) atoms. The molecule has 4 aliphatic rings. The molecule has 1 aromatic rings. The third-order valence-corrected chi connectivity index (χ3v) is 9.25. The third-order valence-electron chi connectivity index (χ3n) is 9.25. The normalized spacial score (nSPS) is 30.4. The summed E-state index contributed by atoms with van der Waals surface area (Å²) in [5.41, 5.74) is 6.02. The van der Waals surface area contributed by atoms with Gasteiger partial charge in [0.15, 0.2) is 5.78 Å². The number of Topliss-reactive ketones (excluding diaryl/α,β-unsaturated/α-hetero) is 1. The van der Waals surface area contributed by atoms with Crippen molar-refractivity contribution in [2.75, 3.05) is 19.6 Å². The van der Waals surface area contributed by atoms with Crippen LogP contribution in [0.1, 0.15) is 81.0 Å². The number of carbonyl (C=O) groups excluding carboxylic acids is 2. The summed E-state index contributed by atoms with van der Waals surface area (Å²) in [4.78, 5) is 36.8. The van der Waals surface area contributed by atoms with Crippen LogP contribution in [-0.4, -0.2) is 47.3 Å². The number of likely N-dealkylation sites (tertiary alicyclic amines) is 1. The van der Waals surface area contributed by atoms with Gasteiger partial charge in [-0.2, -0.15) is 0 Å². The fourth-order valence-corrected chi connectivity index (χ4v) is 6.92. The van der Waals surface area contributed by atoms with Crippen LogP contribution < -0.4 is 5.73 Å². The van der Waals surface area contributed by atoms with Crippen LogP contribution >= 0.6 is 0 Å². The van der Waals surface area contributed by atoms with Crippen LogP contribution in [0, 0.1) is 41.3 Å². The van der Waals surface area contributed by atoms with Crippen LogP contribution in [-0.2, 0) is 9.59 Å². The van der Waals surface area contributed by atoms with Crippen molar-refractivity contribution in [1.29, 1.82) is 0 Å². The first kappa shape index (κ1) is 26.8. The van der Waals surface area contributed by atoms with E-state index in [2.05, 4.69) is 4.90 Å². The van der Waals surface area contributed by atoms with Crippen molar-refractivity contribution in [2.45, 2.75) is 70.6 Å². The molecule has 4 fully saturated rings. The maximum absolute atomic E-state index is 13.0. The number of halogens is 1. The number of carboxylic acid groups (broad SMARTS) is 1. The zero-order valence-electron chi connectivity index (χ0n) is 21.2. The number of rotatable bonds is 7. The quantitative estimate of drug-likeness (QED) is 0.518. The molecule has 0 radical (unpaired) electrons. The number of carbonyl (C=O) groups is 3. The summed E-state index contributed by atoms with van der Waals surface area (Å²) in [6.07, 6.45) is 11.6. The van der Waals surface area contributed by atoms with Gasteiger partial charge in [0.25, 0.3) is 0 Å². The maximum Gasteiger partial charge on any atom is 0.306 e. The Morgan fingerprint density at radius 1 is 0.889 bits per heavy atom. The molecule has 6 nitrogen and oxygen atoms in total. The van der Waals surface area contributed by atoms with Gasteiger partial charge in [-0.15, -0.1) is 0 Å². The first-order chi connectivity index (χ1) is 17.3. The minimum absolute atomic E-state index is 0.0127. The van der Waals surface area contributed by atoms with E-state index in [4.69, 9.17) is 10.8 Å². The maximum atomic E-state index is 13.0. The van der Waals surface area contributed by atoms with Crippen LogP contribution in [0.5, 0.6) is 0 Å². The van der Waals surface area contributed by atoms with E-state index in [0.717, 1.165) is 70.5 Å². The summed E-state index contributed by atoms with van der Waals surface area (Å²) >= 11 is 0. The van der Waals surface area contributed by atoms with Gasteiger partial charge in [-0.25, -0.2) is 4.39 Å². The SMILES string of the molecule is NC(=O)C1CCC(CCN2CCC(C(=O)c3ccc(F)cc3)CC2)CC1.O=C(O)C1C[C@@H]2CC[C@H]1C2. The molecular weight excluding hydrogens is 459 g/mol. The van der Waals surface area contributed by atoms with Crippen molar-refractivity contribution in [3.8, 4) is 0 Å². The molecule has 1 aromatic carbocycles. The fourth-order valence-electron chi connectivity index (χ4n) is 6.92. The topological polar surface area (TPSA) is 101 Å². The highest BCUT2D eigenvalue weighted by atomic mass is 19.1. The van der Waals surface area contributed by atoms with Crippen LogP contribution in [0.15, 0.2) is 24.3 Å². The lowest BCUT2D eigenvalue weighted by atomic mass is 9.80. The summed E-state index contributed by atoms with van der Waals surface area (Å²) < 4.78 is 13.0. The highest BCUT2D eigenvalue weighted by Crippen LogP contribution is 2.48. The lowest BCUT2D eigenvalue weighted by Crippen LogP contribution is -2.37. The number of piperidine rings is 1. The molecule has 3 aliphatic carbocycles. The van der Waals surface area contributed by atoms with Crippen molar-refractivity contribution in [1.82, 2.24) is 4.90 Å². The summed E-state index contributed by atoms with van der Waals surface area (Å²) in [7, 11) is 0. The van der Waals surface area contributed by atoms with Crippen molar-refractivity contribution in [3.05, 3.63) is 35.6 Å². The van der Waals surface area contributed by atoms with Crippen molar-refractivity contribution in [3.63, 3.8) is 0 Å². The smallest absolute Gasteiger partial charge is 0.306 e. The Morgan fingerprint density at radius 3 is 2.06 bits per heavy atom. The number of ketones is 1. The van der Waals surface area contributed by atoms with Crippen LogP contribution in [0.2, 0.25) is 0 Å². The number of hydrogen-bond acceptors (Lipinski definition) is 4. The Hall–Kier alpha value is -2.28. The Balaban J connectivity index is 0.000000251. The average molecular weight is 501 g/mol. The Morgan fingerprint density at radius 2 is 1.56 bits per heavy atom. The minimum Gasteiger partial charge on any atom is -0.481 e. The second-order valence-electron chi connectivity index (χ2n) is 11.5. The highest BCUT2D eigenvalue weighted by molar-refractivity contribution is 5.97. The number of nitrogens with two attached hydrogens (primary N) is 1. The largest absolute Gasteiger partial charge is 0.481 e. The summed E-state index contributed by atoms with van der Waals surface area (Å²) in [5.74, 6) is 1.28. The molecule has 7 heteroatoms. The molecule has 1 amide bonds. The third kappa shape index (κ3) is 6.93. The van der Waals surface area contributed by atoms with E-state index in [1.807, 2.05) is 0 Å². The molecular formula is C29H41FN2O4. The standard InChI is InChI=1S/C21H29FN2O2.C8H12O2/c22-19-7-5-16(6-8-19)20(25)17-10-13-24(14-11-17)12-9-15-1-3-18(4-2-15)21(23)26;9-8(10)7-4-5-1-2-6(7)3-5/h5-8,15,17-18H,1-4,9-14H2,(H2,23,26);5-7H,1-4H2,(H,9,10)/t;5-,6+,7?/m.1/s1. The van der Waals surface area contributed by atoms with Gasteiger partial charge in [0.1, 0.15) is 5.82 Å². The van der Waals surface area contributed by atoms with E-state index in [9.17, 15) is 18.8 Å². The molecule has 5 rings (SSSR count). The molecule has 3 atom stereocenters. The number of aliphatic carboxylic acids is 1. The molecule has 1 unspecified atom stereocenters. The molecule has 3 N–H and O–H groups in total. The number of nitrogens with zero attached hydrogens (tertiary/aromatic N) is 1. The van der Waals surface area contributed by atoms with Crippen molar-refractivity contribution in [2.24, 2.45) is 41.2 Å². The van der Waals surface area contributed by atoms with E-state index < -0.39 is 5.97 Å². The monoisotopic (exact) mass is 500 g/mol. The predicted molar refractivity (Wildman–Crippen MR) is 136 cm³/mol. The number of fused-ring (bicyclic) bond motifs is 2. The van der Waals surface area contributed by atoms with Crippen LogP contribution in [0.25, 0.3) is 0 Å². The van der Waals surface area contributed by atoms with Crippen molar-refractivity contribution >= 4 is 17.7 Å². The molecule has 1 aliphatic heterocycles. The zero-order chi connectivity index (χ0) is 25.7. The number of primary amides is 1. The van der Waals surface area contributed by atoms with Crippen LogP contribution in [0.4, 0.5) is 4.39 Å². The Kier molecular flexibility index (Phi) is 9.15. The van der Waals surface area contributed by atoms with Gasteiger partial charge in [0, 0.05) is 17.4 Å². The first-order valence-corrected chi connectivity index (χ1v) is 13.8. The summed E-state index contributed by atoms with van der Waals surface area (Å²) in [6, 6.07) is 5.89. The molecule has 0 spiro atoms. The van der Waals surface area contributed by atoms with E-state index in [1.165, 1.54) is 37.8 Å². The summed E-state index contributed by atoms with van der Waals surface area (Å²) in [5, 5.41) is 8.74. The van der Waals surface area contributed by atoms with Gasteiger partial charge in [-0.1, -0.05) is 6.42 Å². The Bertz CT molecular complexity index is 904. The Labute approximate surface area is 213 Å². The van der Waals surface area contributed by atoms with Crippen LogP contribution in [0.3, 0.4) is 0 Å². The number of amides is 1. The lowest BCUT2D eigenvalue weighted by molar-refractivity contribution is -0.143. The van der Waals surface area contributed by atoms with Gasteiger partial charge in [-0.05, 0) is 126 Å². The predicted octanol–water partition coefficient (Wildman–Crippen LogP) is 4.91. The highest BCUT2D eigenvalue weighted by Gasteiger charge is 2.43. The average Bonchev–Trinajstić information content (AvgIpc) is 3.53. The molecule has 1 heterocycles. The van der Waals surface area contributed by atoms with Gasteiger partial charge in [0.2, 0.25) is 5.91 Å². The van der Waals surface area contributed by atoms with E-state index in [0.29, 0.717) is 17.4 Å². The van der Waals surface area contributed by atoms with E-state index >= 15 is 0 Å². The minimum atomic E-state index is -0.563. The molecule has 198 valence electrons. The van der Waals surface area contributed by atoms with Crippen molar-refractivity contribution < 1.29 is 23.9 Å². The second kappa shape index (κ2) is 12.3. The van der Waals surface area contributed by atoms with E-state index in [1.54, 1.807) is 12.1 Å². The zero-order valence-corrected chi connectivity index (χ0v) is 21.2.